The molecule has 0 aromatic heterocycles. The van der Waals surface area contributed by atoms with E-state index in [9.17, 15) is 9.18 Å². The first-order valence-electron chi connectivity index (χ1n) is 8.21. The Labute approximate surface area is 136 Å². The van der Waals surface area contributed by atoms with E-state index in [-0.39, 0.29) is 23.4 Å². The van der Waals surface area contributed by atoms with E-state index < -0.39 is 0 Å². The highest BCUT2D eigenvalue weighted by Crippen LogP contribution is 2.36. The SMILES string of the molecule is CO[C@@H]1COC2(CCN(C(=O)Cc3ccc(F)cc3C)CC2)C1. The van der Waals surface area contributed by atoms with E-state index in [4.69, 9.17) is 9.47 Å². The van der Waals surface area contributed by atoms with Crippen LogP contribution in [0.15, 0.2) is 18.2 Å². The summed E-state index contributed by atoms with van der Waals surface area (Å²) in [6, 6.07) is 4.60. The number of likely N-dealkylation sites (tertiary alicyclic amines) is 1. The summed E-state index contributed by atoms with van der Waals surface area (Å²) < 4.78 is 24.5. The van der Waals surface area contributed by atoms with E-state index in [0.29, 0.717) is 13.0 Å². The number of hydrogen-bond donors (Lipinski definition) is 0. The lowest BCUT2D eigenvalue weighted by Crippen LogP contribution is -2.47. The van der Waals surface area contributed by atoms with Crippen LogP contribution in [0.3, 0.4) is 0 Å². The number of nitrogens with zero attached hydrogens (tertiary/aromatic N) is 1. The van der Waals surface area contributed by atoms with Crippen LogP contribution in [0.5, 0.6) is 0 Å². The molecule has 1 aromatic carbocycles. The number of halogens is 1. The van der Waals surface area contributed by atoms with Crippen LogP contribution in [0.25, 0.3) is 0 Å². The summed E-state index contributed by atoms with van der Waals surface area (Å²) in [6.45, 7) is 3.93. The predicted octanol–water partition coefficient (Wildman–Crippen LogP) is 2.47. The standard InChI is InChI=1S/C18H24FNO3/c1-13-9-15(19)4-3-14(13)10-17(21)20-7-5-18(6-8-20)11-16(22-2)12-23-18/h3-4,9,16H,5-8,10-12H2,1-2H3/t16-/m0/s1. The molecule has 1 amide bonds. The Bertz CT molecular complexity index is 582. The fourth-order valence-electron chi connectivity index (χ4n) is 3.60. The number of carbonyl (C=O) groups is 1. The molecule has 2 fully saturated rings. The Hall–Kier alpha value is -1.46. The zero-order valence-electron chi connectivity index (χ0n) is 13.8. The summed E-state index contributed by atoms with van der Waals surface area (Å²) in [5.41, 5.74) is 1.62. The van der Waals surface area contributed by atoms with Gasteiger partial charge in [-0.2, -0.15) is 0 Å². The van der Waals surface area contributed by atoms with Gasteiger partial charge in [0.05, 0.1) is 24.7 Å². The first-order valence-corrected chi connectivity index (χ1v) is 8.21. The largest absolute Gasteiger partial charge is 0.379 e. The highest BCUT2D eigenvalue weighted by Gasteiger charge is 2.43. The summed E-state index contributed by atoms with van der Waals surface area (Å²) >= 11 is 0. The van der Waals surface area contributed by atoms with Gasteiger partial charge in [0.2, 0.25) is 5.91 Å². The van der Waals surface area contributed by atoms with Gasteiger partial charge in [0, 0.05) is 26.6 Å². The predicted molar refractivity (Wildman–Crippen MR) is 84.8 cm³/mol. The Morgan fingerprint density at radius 3 is 2.78 bits per heavy atom. The van der Waals surface area contributed by atoms with Crippen molar-refractivity contribution >= 4 is 5.91 Å². The molecule has 2 heterocycles. The van der Waals surface area contributed by atoms with Crippen LogP contribution in [0.1, 0.15) is 30.4 Å². The van der Waals surface area contributed by atoms with Crippen LogP contribution in [0.2, 0.25) is 0 Å². The van der Waals surface area contributed by atoms with E-state index in [0.717, 1.165) is 43.5 Å². The second-order valence-electron chi connectivity index (χ2n) is 6.68. The molecule has 1 aromatic rings. The lowest BCUT2D eigenvalue weighted by atomic mass is 9.87. The highest BCUT2D eigenvalue weighted by atomic mass is 19.1. The number of ether oxygens (including phenoxy) is 2. The Morgan fingerprint density at radius 2 is 2.17 bits per heavy atom. The normalized spacial score (nSPS) is 23.4. The minimum absolute atomic E-state index is 0.107. The third-order valence-electron chi connectivity index (χ3n) is 5.18. The van der Waals surface area contributed by atoms with E-state index in [2.05, 4.69) is 0 Å². The number of methoxy groups -OCH3 is 1. The maximum absolute atomic E-state index is 13.2. The third kappa shape index (κ3) is 3.56. The molecule has 4 nitrogen and oxygen atoms in total. The fraction of sp³-hybridized carbons (Fsp3) is 0.611. The maximum atomic E-state index is 13.2. The Kier molecular flexibility index (Phi) is 4.69. The topological polar surface area (TPSA) is 38.8 Å². The molecule has 23 heavy (non-hydrogen) atoms. The van der Waals surface area contributed by atoms with Crippen molar-refractivity contribution in [2.75, 3.05) is 26.8 Å². The summed E-state index contributed by atoms with van der Waals surface area (Å²) in [5, 5.41) is 0. The zero-order valence-corrected chi connectivity index (χ0v) is 13.8. The summed E-state index contributed by atoms with van der Waals surface area (Å²) in [6.07, 6.45) is 3.16. The monoisotopic (exact) mass is 321 g/mol. The molecule has 3 rings (SSSR count). The van der Waals surface area contributed by atoms with Crippen molar-refractivity contribution in [3.05, 3.63) is 35.1 Å². The van der Waals surface area contributed by atoms with Crippen LogP contribution in [-0.4, -0.2) is 49.3 Å². The van der Waals surface area contributed by atoms with Gasteiger partial charge in [0.15, 0.2) is 0 Å². The molecule has 0 bridgehead atoms. The van der Waals surface area contributed by atoms with Gasteiger partial charge in [-0.15, -0.1) is 0 Å². The fourth-order valence-corrected chi connectivity index (χ4v) is 3.60. The third-order valence-corrected chi connectivity index (χ3v) is 5.18. The van der Waals surface area contributed by atoms with E-state index in [1.165, 1.54) is 12.1 Å². The van der Waals surface area contributed by atoms with Crippen molar-refractivity contribution in [2.45, 2.75) is 44.3 Å². The maximum Gasteiger partial charge on any atom is 0.227 e. The highest BCUT2D eigenvalue weighted by molar-refractivity contribution is 5.79. The number of amides is 1. The minimum Gasteiger partial charge on any atom is -0.379 e. The molecule has 0 radical (unpaired) electrons. The summed E-state index contributed by atoms with van der Waals surface area (Å²) in [5.74, 6) is -0.152. The van der Waals surface area contributed by atoms with Crippen LogP contribution < -0.4 is 0 Å². The second-order valence-corrected chi connectivity index (χ2v) is 6.68. The molecule has 1 atom stereocenters. The van der Waals surface area contributed by atoms with Gasteiger partial charge >= 0.3 is 0 Å². The molecule has 0 unspecified atom stereocenters. The van der Waals surface area contributed by atoms with E-state index in [1.54, 1.807) is 13.2 Å². The zero-order chi connectivity index (χ0) is 16.4. The average Bonchev–Trinajstić information content (AvgIpc) is 2.94. The van der Waals surface area contributed by atoms with Crippen molar-refractivity contribution in [3.63, 3.8) is 0 Å². The minimum atomic E-state index is -0.260. The van der Waals surface area contributed by atoms with Gasteiger partial charge in [0.25, 0.3) is 0 Å². The van der Waals surface area contributed by atoms with Crippen LogP contribution >= 0.6 is 0 Å². The van der Waals surface area contributed by atoms with Crippen LogP contribution in [0.4, 0.5) is 4.39 Å². The number of rotatable bonds is 3. The lowest BCUT2D eigenvalue weighted by molar-refractivity contribution is -0.135. The molecule has 1 spiro atoms. The van der Waals surface area contributed by atoms with Crippen molar-refractivity contribution in [1.29, 1.82) is 0 Å². The first kappa shape index (κ1) is 16.4. The first-order chi connectivity index (χ1) is 11.0. The van der Waals surface area contributed by atoms with Gasteiger partial charge in [-0.3, -0.25) is 4.79 Å². The number of aryl methyl sites for hydroxylation is 1. The van der Waals surface area contributed by atoms with E-state index in [1.807, 2.05) is 11.8 Å². The summed E-state index contributed by atoms with van der Waals surface area (Å²) in [4.78, 5) is 14.4. The average molecular weight is 321 g/mol. The molecule has 5 heteroatoms. The number of piperidine rings is 1. The van der Waals surface area contributed by atoms with Crippen molar-refractivity contribution < 1.29 is 18.7 Å². The molecule has 2 aliphatic rings. The van der Waals surface area contributed by atoms with Gasteiger partial charge in [-0.1, -0.05) is 6.07 Å². The molecule has 126 valence electrons. The lowest BCUT2D eigenvalue weighted by Gasteiger charge is -2.38. The van der Waals surface area contributed by atoms with E-state index >= 15 is 0 Å². The molecule has 0 saturated carbocycles. The quantitative estimate of drug-likeness (QED) is 0.858. The summed E-state index contributed by atoms with van der Waals surface area (Å²) in [7, 11) is 1.72. The van der Waals surface area contributed by atoms with Gasteiger partial charge in [-0.05, 0) is 43.0 Å². The van der Waals surface area contributed by atoms with Gasteiger partial charge in [-0.25, -0.2) is 4.39 Å². The molecule has 2 aliphatic heterocycles. The van der Waals surface area contributed by atoms with Gasteiger partial charge in [0.1, 0.15) is 5.82 Å². The Morgan fingerprint density at radius 1 is 1.43 bits per heavy atom. The molecule has 2 saturated heterocycles. The van der Waals surface area contributed by atoms with Crippen molar-refractivity contribution in [3.8, 4) is 0 Å². The van der Waals surface area contributed by atoms with Gasteiger partial charge < -0.3 is 14.4 Å². The molecular formula is C18H24FNO3. The van der Waals surface area contributed by atoms with Crippen LogP contribution in [0, 0.1) is 12.7 Å². The number of carbonyl (C=O) groups excluding carboxylic acids is 1. The number of benzene rings is 1. The Balaban J connectivity index is 1.56. The van der Waals surface area contributed by atoms with Crippen molar-refractivity contribution in [2.24, 2.45) is 0 Å². The molecular weight excluding hydrogens is 297 g/mol. The smallest absolute Gasteiger partial charge is 0.227 e. The second kappa shape index (κ2) is 6.57. The van der Waals surface area contributed by atoms with Crippen molar-refractivity contribution in [1.82, 2.24) is 4.90 Å². The number of hydrogen-bond acceptors (Lipinski definition) is 3. The molecule has 0 N–H and O–H groups in total. The van der Waals surface area contributed by atoms with Crippen LogP contribution in [-0.2, 0) is 20.7 Å². The molecule has 0 aliphatic carbocycles.